The van der Waals surface area contributed by atoms with E-state index in [-0.39, 0.29) is 5.69 Å². The maximum Gasteiger partial charge on any atom is 0.328 e. The number of anilines is 1. The highest BCUT2D eigenvalue weighted by atomic mass is 16.6. The fourth-order valence-corrected chi connectivity index (χ4v) is 1.70. The van der Waals surface area contributed by atoms with Crippen LogP contribution in [-0.2, 0) is 9.59 Å². The first-order valence-electron chi connectivity index (χ1n) is 6.92. The van der Waals surface area contributed by atoms with E-state index >= 15 is 0 Å². The van der Waals surface area contributed by atoms with Crippen molar-refractivity contribution in [3.8, 4) is 0 Å². The quantitative estimate of drug-likeness (QED) is 0.358. The molecule has 0 spiro atoms. The van der Waals surface area contributed by atoms with Crippen LogP contribution in [0.3, 0.4) is 0 Å². The standard InChI is InChI=1S/C16H12N4O5/c21-15(9-10-16(22)23)17-11-1-3-12(4-2-11)18-19-13-5-7-14(8-6-13)20(24)25/h1-10H,(H,17,21)(H,22,23)/b10-9-,19-18?. The third kappa shape index (κ3) is 5.67. The Kier molecular flexibility index (Phi) is 5.67. The molecular formula is C16H12N4O5. The topological polar surface area (TPSA) is 134 Å². The van der Waals surface area contributed by atoms with Crippen LogP contribution in [0.2, 0.25) is 0 Å². The van der Waals surface area contributed by atoms with Gasteiger partial charge in [0.15, 0.2) is 0 Å². The lowest BCUT2D eigenvalue weighted by molar-refractivity contribution is -0.384. The maximum atomic E-state index is 11.4. The number of amides is 1. The van der Waals surface area contributed by atoms with Gasteiger partial charge in [0.1, 0.15) is 0 Å². The molecule has 0 aromatic heterocycles. The number of carboxylic acid groups (broad SMARTS) is 1. The number of nitrogens with one attached hydrogen (secondary N) is 1. The molecule has 0 aliphatic carbocycles. The van der Waals surface area contributed by atoms with Crippen molar-refractivity contribution in [2.45, 2.75) is 0 Å². The average Bonchev–Trinajstić information content (AvgIpc) is 2.60. The second-order valence-electron chi connectivity index (χ2n) is 4.68. The van der Waals surface area contributed by atoms with Crippen LogP contribution in [-0.4, -0.2) is 21.9 Å². The van der Waals surface area contributed by atoms with E-state index in [2.05, 4.69) is 15.5 Å². The van der Waals surface area contributed by atoms with Crippen LogP contribution in [0.5, 0.6) is 0 Å². The molecular weight excluding hydrogens is 328 g/mol. The van der Waals surface area contributed by atoms with Crippen molar-refractivity contribution >= 4 is 34.6 Å². The molecule has 25 heavy (non-hydrogen) atoms. The van der Waals surface area contributed by atoms with Crippen LogP contribution in [0.1, 0.15) is 0 Å². The van der Waals surface area contributed by atoms with E-state index in [1.807, 2.05) is 0 Å². The Labute approximate surface area is 141 Å². The van der Waals surface area contributed by atoms with E-state index in [0.29, 0.717) is 17.1 Å². The van der Waals surface area contributed by atoms with E-state index in [9.17, 15) is 19.7 Å². The first-order chi connectivity index (χ1) is 11.9. The first-order valence-corrected chi connectivity index (χ1v) is 6.92. The minimum atomic E-state index is -1.21. The Bertz CT molecular complexity index is 842. The van der Waals surface area contributed by atoms with Gasteiger partial charge in [0.25, 0.3) is 5.69 Å². The summed E-state index contributed by atoms with van der Waals surface area (Å²) in [4.78, 5) is 31.8. The molecule has 2 N–H and O–H groups in total. The molecule has 0 saturated heterocycles. The lowest BCUT2D eigenvalue weighted by Crippen LogP contribution is -2.08. The molecule has 2 rings (SSSR count). The van der Waals surface area contributed by atoms with Crippen molar-refractivity contribution < 1.29 is 19.6 Å². The van der Waals surface area contributed by atoms with Crippen LogP contribution >= 0.6 is 0 Å². The van der Waals surface area contributed by atoms with Crippen molar-refractivity contribution in [3.63, 3.8) is 0 Å². The fraction of sp³-hybridized carbons (Fsp3) is 0. The molecule has 9 heteroatoms. The molecule has 0 aliphatic heterocycles. The van der Waals surface area contributed by atoms with Crippen molar-refractivity contribution in [2.24, 2.45) is 10.2 Å². The van der Waals surface area contributed by atoms with E-state index in [1.54, 1.807) is 24.3 Å². The number of non-ortho nitro benzene ring substituents is 1. The van der Waals surface area contributed by atoms with Crippen LogP contribution in [0.25, 0.3) is 0 Å². The maximum absolute atomic E-state index is 11.4. The molecule has 0 bridgehead atoms. The zero-order valence-corrected chi connectivity index (χ0v) is 12.7. The third-order valence-corrected chi connectivity index (χ3v) is 2.85. The summed E-state index contributed by atoms with van der Waals surface area (Å²) in [6.07, 6.45) is 1.65. The van der Waals surface area contributed by atoms with Gasteiger partial charge < -0.3 is 10.4 Å². The van der Waals surface area contributed by atoms with Crippen molar-refractivity contribution in [1.82, 2.24) is 0 Å². The normalized spacial score (nSPS) is 10.9. The first kappa shape index (κ1) is 17.5. The summed E-state index contributed by atoms with van der Waals surface area (Å²) in [5, 5.41) is 29.4. The van der Waals surface area contributed by atoms with Crippen LogP contribution in [0.15, 0.2) is 70.9 Å². The summed E-state index contributed by atoms with van der Waals surface area (Å²) in [6, 6.07) is 12.0. The second-order valence-corrected chi connectivity index (χ2v) is 4.68. The lowest BCUT2D eigenvalue weighted by atomic mass is 10.3. The summed E-state index contributed by atoms with van der Waals surface area (Å²) in [5.74, 6) is -1.78. The highest BCUT2D eigenvalue weighted by Crippen LogP contribution is 2.22. The zero-order valence-electron chi connectivity index (χ0n) is 12.7. The average molecular weight is 340 g/mol. The van der Waals surface area contributed by atoms with E-state index < -0.39 is 16.8 Å². The van der Waals surface area contributed by atoms with Crippen molar-refractivity contribution in [3.05, 3.63) is 70.8 Å². The van der Waals surface area contributed by atoms with Gasteiger partial charge in [0, 0.05) is 30.0 Å². The summed E-state index contributed by atoms with van der Waals surface area (Å²) >= 11 is 0. The molecule has 0 radical (unpaired) electrons. The summed E-state index contributed by atoms with van der Waals surface area (Å²) in [7, 11) is 0. The molecule has 0 saturated carbocycles. The third-order valence-electron chi connectivity index (χ3n) is 2.85. The number of benzene rings is 2. The minimum Gasteiger partial charge on any atom is -0.478 e. The molecule has 126 valence electrons. The summed E-state index contributed by atoms with van der Waals surface area (Å²) in [5.41, 5.74) is 1.41. The van der Waals surface area contributed by atoms with Gasteiger partial charge >= 0.3 is 5.97 Å². The highest BCUT2D eigenvalue weighted by Gasteiger charge is 2.03. The molecule has 2 aromatic carbocycles. The van der Waals surface area contributed by atoms with Gasteiger partial charge in [-0.1, -0.05) is 0 Å². The largest absolute Gasteiger partial charge is 0.478 e. The van der Waals surface area contributed by atoms with Crippen LogP contribution in [0.4, 0.5) is 22.7 Å². The highest BCUT2D eigenvalue weighted by molar-refractivity contribution is 6.02. The Morgan fingerprint density at radius 3 is 1.96 bits per heavy atom. The summed E-state index contributed by atoms with van der Waals surface area (Å²) < 4.78 is 0. The lowest BCUT2D eigenvalue weighted by Gasteiger charge is -2.01. The number of carbonyl (C=O) groups is 2. The monoisotopic (exact) mass is 340 g/mol. The summed E-state index contributed by atoms with van der Waals surface area (Å²) in [6.45, 7) is 0. The van der Waals surface area contributed by atoms with Crippen LogP contribution < -0.4 is 5.32 Å². The Morgan fingerprint density at radius 2 is 1.48 bits per heavy atom. The smallest absolute Gasteiger partial charge is 0.328 e. The van der Waals surface area contributed by atoms with E-state index in [0.717, 1.165) is 12.2 Å². The zero-order chi connectivity index (χ0) is 18.2. The van der Waals surface area contributed by atoms with Gasteiger partial charge in [0.2, 0.25) is 5.91 Å². The Hall–Kier alpha value is -3.88. The molecule has 0 heterocycles. The molecule has 9 nitrogen and oxygen atoms in total. The number of nitro benzene ring substituents is 1. The second kappa shape index (κ2) is 8.11. The fourth-order valence-electron chi connectivity index (χ4n) is 1.70. The minimum absolute atomic E-state index is 0.0315. The van der Waals surface area contributed by atoms with E-state index in [1.165, 1.54) is 24.3 Å². The molecule has 0 fully saturated rings. The molecule has 0 unspecified atom stereocenters. The number of rotatable bonds is 6. The van der Waals surface area contributed by atoms with Gasteiger partial charge in [-0.05, 0) is 36.4 Å². The number of hydrogen-bond acceptors (Lipinski definition) is 6. The van der Waals surface area contributed by atoms with Crippen LogP contribution in [0, 0.1) is 10.1 Å². The van der Waals surface area contributed by atoms with Gasteiger partial charge in [-0.3, -0.25) is 14.9 Å². The number of nitro groups is 1. The van der Waals surface area contributed by atoms with Gasteiger partial charge in [-0.25, -0.2) is 4.79 Å². The molecule has 0 atom stereocenters. The molecule has 1 amide bonds. The number of carbonyl (C=O) groups excluding carboxylic acids is 1. The van der Waals surface area contributed by atoms with Crippen molar-refractivity contribution in [2.75, 3.05) is 5.32 Å². The number of aliphatic carboxylic acids is 1. The molecule has 0 aliphatic rings. The Morgan fingerprint density at radius 1 is 0.960 bits per heavy atom. The van der Waals surface area contributed by atoms with Crippen molar-refractivity contribution in [1.29, 1.82) is 0 Å². The van der Waals surface area contributed by atoms with Gasteiger partial charge in [-0.15, -0.1) is 0 Å². The predicted octanol–water partition coefficient (Wildman–Crippen LogP) is 3.59. The number of carboxylic acids is 1. The SMILES string of the molecule is O=C(O)/C=C\C(=O)Nc1ccc(N=Nc2ccc([N+](=O)[O-])cc2)cc1. The number of nitrogens with zero attached hydrogens (tertiary/aromatic N) is 3. The van der Waals surface area contributed by atoms with Gasteiger partial charge in [-0.2, -0.15) is 10.2 Å². The number of azo groups is 1. The predicted molar refractivity (Wildman–Crippen MR) is 89.1 cm³/mol. The van der Waals surface area contributed by atoms with Gasteiger partial charge in [0.05, 0.1) is 16.3 Å². The Balaban J connectivity index is 1.98. The van der Waals surface area contributed by atoms with E-state index in [4.69, 9.17) is 5.11 Å². The molecule has 2 aromatic rings. The number of hydrogen-bond donors (Lipinski definition) is 2.